The highest BCUT2D eigenvalue weighted by Crippen LogP contribution is 2.17. The van der Waals surface area contributed by atoms with E-state index < -0.39 is 0 Å². The average Bonchev–Trinajstić information content (AvgIpc) is 2.79. The van der Waals surface area contributed by atoms with Gasteiger partial charge in [0.05, 0.1) is 5.56 Å². The van der Waals surface area contributed by atoms with Crippen molar-refractivity contribution < 1.29 is 4.79 Å². The van der Waals surface area contributed by atoms with E-state index in [1.54, 1.807) is 20.3 Å². The van der Waals surface area contributed by atoms with Crippen LogP contribution in [0.15, 0.2) is 35.5 Å². The maximum Gasteiger partial charge on any atom is 0.260 e. The number of carbonyl (C=O) groups excluding carboxylic acids is 1. The molecule has 0 aliphatic heterocycles. The Morgan fingerprint density at radius 1 is 1.35 bits per heavy atom. The molecule has 17 heavy (non-hydrogen) atoms. The third-order valence-electron chi connectivity index (χ3n) is 2.53. The first kappa shape index (κ1) is 11.2. The third kappa shape index (κ3) is 2.13. The van der Waals surface area contributed by atoms with Gasteiger partial charge in [0.15, 0.2) is 5.96 Å². The highest BCUT2D eigenvalue weighted by atomic mass is 16.1. The minimum absolute atomic E-state index is 0.183. The summed E-state index contributed by atoms with van der Waals surface area (Å²) in [4.78, 5) is 19.0. The number of para-hydroxylation sites is 1. The molecule has 0 aliphatic carbocycles. The van der Waals surface area contributed by atoms with Crippen molar-refractivity contribution in [2.24, 2.45) is 4.99 Å². The number of hydrogen-bond donors (Lipinski definition) is 3. The smallest absolute Gasteiger partial charge is 0.260 e. The predicted molar refractivity (Wildman–Crippen MR) is 68.2 cm³/mol. The van der Waals surface area contributed by atoms with Crippen LogP contribution < -0.4 is 10.6 Å². The summed E-state index contributed by atoms with van der Waals surface area (Å²) in [5, 5.41) is 6.39. The Morgan fingerprint density at radius 3 is 2.82 bits per heavy atom. The Labute approximate surface area is 98.9 Å². The molecule has 88 valence electrons. The van der Waals surface area contributed by atoms with Crippen LogP contribution in [-0.4, -0.2) is 30.9 Å². The molecule has 5 nitrogen and oxygen atoms in total. The molecule has 0 atom stereocenters. The standard InChI is InChI=1S/C12H14N4O/c1-13-12(14-2)16-11(17)9-7-15-10-6-4-3-5-8(9)10/h3-7,15H,1-2H3,(H2,13,14,16,17). The van der Waals surface area contributed by atoms with Crippen molar-refractivity contribution in [3.8, 4) is 0 Å². The Morgan fingerprint density at radius 2 is 2.12 bits per heavy atom. The van der Waals surface area contributed by atoms with E-state index in [9.17, 15) is 4.79 Å². The Hall–Kier alpha value is -2.30. The van der Waals surface area contributed by atoms with Gasteiger partial charge < -0.3 is 10.3 Å². The first-order chi connectivity index (χ1) is 8.26. The first-order valence-electron chi connectivity index (χ1n) is 5.28. The number of carbonyl (C=O) groups is 1. The number of nitrogens with zero attached hydrogens (tertiary/aromatic N) is 1. The van der Waals surface area contributed by atoms with Crippen LogP contribution in [0.3, 0.4) is 0 Å². The van der Waals surface area contributed by atoms with Gasteiger partial charge in [-0.25, -0.2) is 0 Å². The number of guanidine groups is 1. The number of aromatic nitrogens is 1. The molecule has 0 unspecified atom stereocenters. The lowest BCUT2D eigenvalue weighted by atomic mass is 10.1. The van der Waals surface area contributed by atoms with Gasteiger partial charge in [-0.3, -0.25) is 15.1 Å². The molecule has 1 heterocycles. The molecule has 2 rings (SSSR count). The van der Waals surface area contributed by atoms with Crippen molar-refractivity contribution in [1.82, 2.24) is 15.6 Å². The van der Waals surface area contributed by atoms with E-state index in [0.717, 1.165) is 10.9 Å². The van der Waals surface area contributed by atoms with Crippen molar-refractivity contribution in [1.29, 1.82) is 0 Å². The van der Waals surface area contributed by atoms with Crippen LogP contribution >= 0.6 is 0 Å². The zero-order valence-electron chi connectivity index (χ0n) is 9.74. The molecule has 0 saturated heterocycles. The molecule has 0 radical (unpaired) electrons. The number of nitrogens with one attached hydrogen (secondary N) is 3. The summed E-state index contributed by atoms with van der Waals surface area (Å²) in [6.45, 7) is 0. The van der Waals surface area contributed by atoms with E-state index in [1.807, 2.05) is 24.3 Å². The fourth-order valence-corrected chi connectivity index (χ4v) is 1.66. The van der Waals surface area contributed by atoms with E-state index in [1.165, 1.54) is 0 Å². The van der Waals surface area contributed by atoms with Crippen molar-refractivity contribution in [3.05, 3.63) is 36.0 Å². The zero-order chi connectivity index (χ0) is 12.3. The summed E-state index contributed by atoms with van der Waals surface area (Å²) in [7, 11) is 3.32. The lowest BCUT2D eigenvalue weighted by Crippen LogP contribution is -2.38. The molecule has 2 aromatic rings. The molecule has 5 heteroatoms. The molecule has 3 N–H and O–H groups in total. The molecule has 1 aromatic heterocycles. The van der Waals surface area contributed by atoms with Gasteiger partial charge in [0, 0.05) is 31.2 Å². The molecule has 0 saturated carbocycles. The van der Waals surface area contributed by atoms with Gasteiger partial charge in [-0.1, -0.05) is 18.2 Å². The number of H-pyrrole nitrogens is 1. The monoisotopic (exact) mass is 230 g/mol. The second-order valence-corrected chi connectivity index (χ2v) is 3.52. The van der Waals surface area contributed by atoms with Crippen LogP contribution in [0.25, 0.3) is 10.9 Å². The summed E-state index contributed by atoms with van der Waals surface area (Å²) in [6, 6.07) is 7.66. The molecule has 0 bridgehead atoms. The van der Waals surface area contributed by atoms with Gasteiger partial charge in [0.1, 0.15) is 0 Å². The van der Waals surface area contributed by atoms with Crippen molar-refractivity contribution in [2.45, 2.75) is 0 Å². The summed E-state index contributed by atoms with van der Waals surface area (Å²) in [6.07, 6.45) is 1.70. The number of rotatable bonds is 1. The van der Waals surface area contributed by atoms with Gasteiger partial charge >= 0.3 is 0 Å². The molecule has 0 spiro atoms. The largest absolute Gasteiger partial charge is 0.360 e. The number of aliphatic imine (C=N–C) groups is 1. The summed E-state index contributed by atoms with van der Waals surface area (Å²) < 4.78 is 0. The Bertz CT molecular complexity index is 571. The molecule has 1 aromatic carbocycles. The first-order valence-corrected chi connectivity index (χ1v) is 5.28. The topological polar surface area (TPSA) is 69.3 Å². The van der Waals surface area contributed by atoms with Gasteiger partial charge in [0.2, 0.25) is 0 Å². The van der Waals surface area contributed by atoms with Crippen molar-refractivity contribution in [3.63, 3.8) is 0 Å². The Kier molecular flexibility index (Phi) is 3.09. The number of aromatic amines is 1. The molecule has 0 fully saturated rings. The van der Waals surface area contributed by atoms with Crippen LogP contribution in [0.5, 0.6) is 0 Å². The van der Waals surface area contributed by atoms with Crippen LogP contribution in [0.1, 0.15) is 10.4 Å². The maximum absolute atomic E-state index is 12.0. The van der Waals surface area contributed by atoms with E-state index in [4.69, 9.17) is 0 Å². The van der Waals surface area contributed by atoms with Crippen LogP contribution in [0, 0.1) is 0 Å². The zero-order valence-corrected chi connectivity index (χ0v) is 9.74. The lowest BCUT2D eigenvalue weighted by molar-refractivity contribution is 0.0977. The van der Waals surface area contributed by atoms with Gasteiger partial charge in [-0.2, -0.15) is 0 Å². The summed E-state index contributed by atoms with van der Waals surface area (Å²) >= 11 is 0. The minimum atomic E-state index is -0.183. The van der Waals surface area contributed by atoms with Gasteiger partial charge in [0.25, 0.3) is 5.91 Å². The van der Waals surface area contributed by atoms with Crippen molar-refractivity contribution in [2.75, 3.05) is 14.1 Å². The highest BCUT2D eigenvalue weighted by Gasteiger charge is 2.12. The average molecular weight is 230 g/mol. The SMILES string of the molecule is CN=C(NC)NC(=O)c1c[nH]c2ccccc12. The van der Waals surface area contributed by atoms with Crippen LogP contribution in [-0.2, 0) is 0 Å². The predicted octanol–water partition coefficient (Wildman–Crippen LogP) is 1.10. The minimum Gasteiger partial charge on any atom is -0.360 e. The lowest BCUT2D eigenvalue weighted by Gasteiger charge is -2.05. The van der Waals surface area contributed by atoms with Crippen molar-refractivity contribution >= 4 is 22.8 Å². The third-order valence-corrected chi connectivity index (χ3v) is 2.53. The second kappa shape index (κ2) is 4.69. The highest BCUT2D eigenvalue weighted by molar-refractivity contribution is 6.12. The van der Waals surface area contributed by atoms with Gasteiger partial charge in [-0.15, -0.1) is 0 Å². The number of benzene rings is 1. The molecule has 1 amide bonds. The molecular weight excluding hydrogens is 216 g/mol. The number of fused-ring (bicyclic) bond motifs is 1. The van der Waals surface area contributed by atoms with Crippen LogP contribution in [0.2, 0.25) is 0 Å². The Balaban J connectivity index is 2.31. The van der Waals surface area contributed by atoms with E-state index in [2.05, 4.69) is 20.6 Å². The van der Waals surface area contributed by atoms with E-state index >= 15 is 0 Å². The summed E-state index contributed by atoms with van der Waals surface area (Å²) in [5.41, 5.74) is 1.55. The normalized spacial score (nSPS) is 11.5. The summed E-state index contributed by atoms with van der Waals surface area (Å²) in [5.74, 6) is 0.262. The number of hydrogen-bond acceptors (Lipinski definition) is 2. The fraction of sp³-hybridized carbons (Fsp3) is 0.167. The van der Waals surface area contributed by atoms with Gasteiger partial charge in [-0.05, 0) is 6.07 Å². The van der Waals surface area contributed by atoms with E-state index in [-0.39, 0.29) is 5.91 Å². The number of amides is 1. The quantitative estimate of drug-likeness (QED) is 0.507. The van der Waals surface area contributed by atoms with Crippen LogP contribution in [0.4, 0.5) is 0 Å². The second-order valence-electron chi connectivity index (χ2n) is 3.52. The van der Waals surface area contributed by atoms with E-state index in [0.29, 0.717) is 11.5 Å². The molecular formula is C12H14N4O. The fourth-order valence-electron chi connectivity index (χ4n) is 1.66. The molecule has 0 aliphatic rings. The maximum atomic E-state index is 12.0.